The maximum absolute atomic E-state index is 13.3. The molecule has 2 heterocycles. The maximum atomic E-state index is 13.3. The quantitative estimate of drug-likeness (QED) is 0.235. The number of urea groups is 1. The van der Waals surface area contributed by atoms with Gasteiger partial charge in [0.05, 0.1) is 5.69 Å². The van der Waals surface area contributed by atoms with Gasteiger partial charge in [-0.2, -0.15) is 0 Å². The third-order valence-electron chi connectivity index (χ3n) is 5.70. The molecular weight excluding hydrogens is 392 g/mol. The highest BCUT2D eigenvalue weighted by molar-refractivity contribution is 6.31. The smallest absolute Gasteiger partial charge is 0.346 e. The number of rotatable bonds is 3. The summed E-state index contributed by atoms with van der Waals surface area (Å²) in [6.45, 7) is 0.936. The van der Waals surface area contributed by atoms with Crippen molar-refractivity contribution in [2.24, 2.45) is 5.84 Å². The van der Waals surface area contributed by atoms with Crippen LogP contribution >= 0.6 is 11.6 Å². The number of nitrogens with one attached hydrogen (secondary N) is 1. The average Bonchev–Trinajstić information content (AvgIpc) is 2.90. The van der Waals surface area contributed by atoms with Crippen LogP contribution in [0.25, 0.3) is 0 Å². The minimum absolute atomic E-state index is 0.311. The van der Waals surface area contributed by atoms with Crippen molar-refractivity contribution in [3.05, 3.63) is 53.1 Å². The van der Waals surface area contributed by atoms with Crippen molar-refractivity contribution < 1.29 is 9.59 Å². The van der Waals surface area contributed by atoms with Gasteiger partial charge in [-0.15, -0.1) is 0 Å². The SMILES string of the molecule is N=Cc1c(N)cc(Cl)cc1N1CCC2(CC1)C(=O)N(c1ccccc1)C(=O)N2N. The third kappa shape index (κ3) is 2.92. The van der Waals surface area contributed by atoms with E-state index in [-0.39, 0.29) is 5.91 Å². The monoisotopic (exact) mass is 412 g/mol. The van der Waals surface area contributed by atoms with Crippen molar-refractivity contribution in [1.82, 2.24) is 5.01 Å². The zero-order chi connectivity index (χ0) is 20.8. The Balaban J connectivity index is 1.62. The van der Waals surface area contributed by atoms with Crippen molar-refractivity contribution >= 4 is 46.8 Å². The van der Waals surface area contributed by atoms with Crippen LogP contribution in [0.1, 0.15) is 18.4 Å². The fourth-order valence-electron chi connectivity index (χ4n) is 4.11. The number of carbonyl (C=O) groups excluding carboxylic acids is 2. The first-order valence-electron chi connectivity index (χ1n) is 9.22. The van der Waals surface area contributed by atoms with E-state index in [4.69, 9.17) is 28.6 Å². The number of hydrogen-bond acceptors (Lipinski definition) is 6. The molecule has 5 N–H and O–H groups in total. The Labute approximate surface area is 173 Å². The molecule has 4 rings (SSSR count). The lowest BCUT2D eigenvalue weighted by molar-refractivity contribution is -0.126. The molecule has 29 heavy (non-hydrogen) atoms. The van der Waals surface area contributed by atoms with Crippen LogP contribution in [-0.2, 0) is 4.79 Å². The highest BCUT2D eigenvalue weighted by Crippen LogP contribution is 2.39. The number of piperidine rings is 1. The molecule has 2 fully saturated rings. The van der Waals surface area contributed by atoms with Crippen LogP contribution < -0.4 is 21.4 Å². The second-order valence-corrected chi connectivity index (χ2v) is 7.66. The van der Waals surface area contributed by atoms with Crippen LogP contribution in [0.3, 0.4) is 0 Å². The Morgan fingerprint density at radius 1 is 1.10 bits per heavy atom. The second-order valence-electron chi connectivity index (χ2n) is 7.22. The number of nitrogens with zero attached hydrogens (tertiary/aromatic N) is 3. The van der Waals surface area contributed by atoms with E-state index >= 15 is 0 Å². The summed E-state index contributed by atoms with van der Waals surface area (Å²) in [5.41, 5.74) is 7.16. The Morgan fingerprint density at radius 2 is 1.76 bits per heavy atom. The first-order chi connectivity index (χ1) is 13.9. The van der Waals surface area contributed by atoms with E-state index in [9.17, 15) is 9.59 Å². The maximum Gasteiger partial charge on any atom is 0.346 e. The van der Waals surface area contributed by atoms with Crippen molar-refractivity contribution in [2.75, 3.05) is 28.6 Å². The Kier molecular flexibility index (Phi) is 4.68. The van der Waals surface area contributed by atoms with Crippen LogP contribution in [0.2, 0.25) is 5.02 Å². The number of hydrazine groups is 1. The Morgan fingerprint density at radius 3 is 2.38 bits per heavy atom. The fourth-order valence-corrected chi connectivity index (χ4v) is 4.33. The number of amides is 3. The number of carbonyl (C=O) groups is 2. The van der Waals surface area contributed by atoms with Crippen LogP contribution in [0.5, 0.6) is 0 Å². The van der Waals surface area contributed by atoms with E-state index in [0.717, 1.165) is 15.6 Å². The van der Waals surface area contributed by atoms with E-state index in [0.29, 0.717) is 47.9 Å². The number of para-hydroxylation sites is 1. The lowest BCUT2D eigenvalue weighted by Crippen LogP contribution is -2.59. The van der Waals surface area contributed by atoms with Gasteiger partial charge in [-0.05, 0) is 37.1 Å². The molecular formula is C20H21ClN6O2. The molecule has 150 valence electrons. The van der Waals surface area contributed by atoms with Gasteiger partial charge in [0.2, 0.25) is 0 Å². The number of halogens is 1. The molecule has 1 spiro atoms. The fraction of sp³-hybridized carbons (Fsp3) is 0.250. The van der Waals surface area contributed by atoms with E-state index in [2.05, 4.69) is 0 Å². The molecule has 2 saturated heterocycles. The van der Waals surface area contributed by atoms with Crippen LogP contribution in [0.15, 0.2) is 42.5 Å². The van der Waals surface area contributed by atoms with Gasteiger partial charge in [-0.3, -0.25) is 4.79 Å². The molecule has 9 heteroatoms. The molecule has 2 aliphatic rings. The van der Waals surface area contributed by atoms with E-state index in [1.807, 2.05) is 11.0 Å². The molecule has 0 atom stereocenters. The average molecular weight is 413 g/mol. The summed E-state index contributed by atoms with van der Waals surface area (Å²) >= 11 is 6.16. The summed E-state index contributed by atoms with van der Waals surface area (Å²) in [5.74, 6) is 5.81. The summed E-state index contributed by atoms with van der Waals surface area (Å²) in [4.78, 5) is 29.2. The van der Waals surface area contributed by atoms with Gasteiger partial charge in [-0.1, -0.05) is 29.8 Å². The molecule has 2 aromatic carbocycles. The van der Waals surface area contributed by atoms with Gasteiger partial charge in [0.15, 0.2) is 0 Å². The predicted octanol–water partition coefficient (Wildman–Crippen LogP) is 2.60. The van der Waals surface area contributed by atoms with Gasteiger partial charge >= 0.3 is 6.03 Å². The number of nitrogens with two attached hydrogens (primary N) is 2. The highest BCUT2D eigenvalue weighted by atomic mass is 35.5. The minimum Gasteiger partial charge on any atom is -0.398 e. The highest BCUT2D eigenvalue weighted by Gasteiger charge is 2.58. The molecule has 8 nitrogen and oxygen atoms in total. The lowest BCUT2D eigenvalue weighted by atomic mass is 9.86. The van der Waals surface area contributed by atoms with Crippen molar-refractivity contribution in [1.29, 1.82) is 5.41 Å². The Hall–Kier alpha value is -3.10. The van der Waals surface area contributed by atoms with E-state index in [1.54, 1.807) is 36.4 Å². The summed E-state index contributed by atoms with van der Waals surface area (Å²) < 4.78 is 0. The Bertz CT molecular complexity index is 988. The first-order valence-corrected chi connectivity index (χ1v) is 9.60. The molecule has 3 amide bonds. The van der Waals surface area contributed by atoms with Crippen LogP contribution in [0, 0.1) is 5.41 Å². The topological polar surface area (TPSA) is 120 Å². The molecule has 0 radical (unpaired) electrons. The van der Waals surface area contributed by atoms with Gasteiger partial charge in [-0.25, -0.2) is 20.5 Å². The lowest BCUT2D eigenvalue weighted by Gasteiger charge is -2.41. The summed E-state index contributed by atoms with van der Waals surface area (Å²) in [5, 5.41) is 9.23. The standard InChI is InChI=1S/C20H21ClN6O2/c21-13-10-16(23)15(12-22)17(11-13)25-8-6-20(7-9-25)18(28)26(19(29)27(20)24)14-4-2-1-3-5-14/h1-5,10-12,22H,6-9,23-24H2. The van der Waals surface area contributed by atoms with Crippen molar-refractivity contribution in [2.45, 2.75) is 18.4 Å². The van der Waals surface area contributed by atoms with Crippen LogP contribution in [0.4, 0.5) is 21.9 Å². The third-order valence-corrected chi connectivity index (χ3v) is 5.92. The molecule has 0 aromatic heterocycles. The molecule has 0 bridgehead atoms. The normalized spacial score (nSPS) is 18.6. The first kappa shape index (κ1) is 19.2. The van der Waals surface area contributed by atoms with Gasteiger partial charge in [0, 0.05) is 41.3 Å². The number of hydrogen-bond donors (Lipinski definition) is 3. The zero-order valence-electron chi connectivity index (χ0n) is 15.6. The summed E-state index contributed by atoms with van der Waals surface area (Å²) in [7, 11) is 0. The summed E-state index contributed by atoms with van der Waals surface area (Å²) in [6, 6.07) is 11.6. The van der Waals surface area contributed by atoms with Gasteiger partial charge < -0.3 is 16.0 Å². The number of imide groups is 1. The van der Waals surface area contributed by atoms with E-state index < -0.39 is 11.6 Å². The second kappa shape index (κ2) is 7.06. The van der Waals surface area contributed by atoms with Crippen molar-refractivity contribution in [3.8, 4) is 0 Å². The van der Waals surface area contributed by atoms with Gasteiger partial charge in [0.25, 0.3) is 5.91 Å². The largest absolute Gasteiger partial charge is 0.398 e. The number of nitrogen functional groups attached to an aromatic ring is 1. The van der Waals surface area contributed by atoms with Crippen LogP contribution in [-0.4, -0.2) is 41.8 Å². The molecule has 0 unspecified atom stereocenters. The minimum atomic E-state index is -1.08. The molecule has 0 saturated carbocycles. The number of anilines is 3. The predicted molar refractivity (Wildman–Crippen MR) is 113 cm³/mol. The zero-order valence-corrected chi connectivity index (χ0v) is 16.4. The van der Waals surface area contributed by atoms with Gasteiger partial charge in [0.1, 0.15) is 5.54 Å². The van der Waals surface area contributed by atoms with E-state index in [1.165, 1.54) is 6.21 Å². The summed E-state index contributed by atoms with van der Waals surface area (Å²) in [6.07, 6.45) is 1.92. The van der Waals surface area contributed by atoms with Crippen molar-refractivity contribution in [3.63, 3.8) is 0 Å². The molecule has 2 aliphatic heterocycles. The number of benzene rings is 2. The molecule has 0 aliphatic carbocycles. The molecule has 2 aromatic rings.